The average Bonchev–Trinajstić information content (AvgIpc) is 2.05. The summed E-state index contributed by atoms with van der Waals surface area (Å²) >= 11 is 0. The van der Waals surface area contributed by atoms with Gasteiger partial charge in [0.25, 0.3) is 0 Å². The second-order valence-electron chi connectivity index (χ2n) is 2.67. The van der Waals surface area contributed by atoms with Crippen LogP contribution in [0.3, 0.4) is 0 Å². The van der Waals surface area contributed by atoms with Gasteiger partial charge in [-0.05, 0) is 20.0 Å². The van der Waals surface area contributed by atoms with Gasteiger partial charge in [0.1, 0.15) is 0 Å². The first-order valence-electron chi connectivity index (χ1n) is 3.96. The lowest BCUT2D eigenvalue weighted by Gasteiger charge is -2.13. The zero-order valence-corrected chi connectivity index (χ0v) is 7.63. The van der Waals surface area contributed by atoms with Crippen LogP contribution in [0.2, 0.25) is 0 Å². The highest BCUT2D eigenvalue weighted by molar-refractivity contribution is 5.77. The van der Waals surface area contributed by atoms with Gasteiger partial charge in [0.2, 0.25) is 5.91 Å². The van der Waals surface area contributed by atoms with E-state index in [0.717, 1.165) is 13.0 Å². The van der Waals surface area contributed by atoms with E-state index in [2.05, 4.69) is 11.4 Å². The smallest absolute Gasteiger partial charge is 0.233 e. The van der Waals surface area contributed by atoms with Crippen LogP contribution < -0.4 is 5.32 Å². The second kappa shape index (κ2) is 6.62. The number of hydrogen-bond donors (Lipinski definition) is 1. The molecule has 4 heteroatoms. The first kappa shape index (κ1) is 10.9. The zero-order valence-electron chi connectivity index (χ0n) is 7.63. The van der Waals surface area contributed by atoms with Crippen molar-refractivity contribution in [2.75, 3.05) is 27.2 Å². The minimum absolute atomic E-state index is 0.00876. The number of carbonyl (C=O) groups is 1. The Labute approximate surface area is 73.2 Å². The van der Waals surface area contributed by atoms with Gasteiger partial charge in [-0.2, -0.15) is 5.26 Å². The molecule has 0 rings (SSSR count). The van der Waals surface area contributed by atoms with Crippen molar-refractivity contribution in [1.82, 2.24) is 10.2 Å². The fourth-order valence-electron chi connectivity index (χ4n) is 0.831. The van der Waals surface area contributed by atoms with Gasteiger partial charge in [-0.25, -0.2) is 0 Å². The van der Waals surface area contributed by atoms with Crippen LogP contribution in [0.15, 0.2) is 0 Å². The molecule has 0 saturated heterocycles. The molecule has 0 fully saturated rings. The number of amides is 1. The first-order valence-corrected chi connectivity index (χ1v) is 3.96. The molecule has 12 heavy (non-hydrogen) atoms. The molecule has 0 aliphatic carbocycles. The predicted molar refractivity (Wildman–Crippen MR) is 46.4 cm³/mol. The summed E-state index contributed by atoms with van der Waals surface area (Å²) in [6.07, 6.45) is 1.38. The lowest BCUT2D eigenvalue weighted by molar-refractivity contribution is -0.121. The van der Waals surface area contributed by atoms with Crippen molar-refractivity contribution < 1.29 is 4.79 Å². The van der Waals surface area contributed by atoms with Crippen LogP contribution in [0, 0.1) is 11.3 Å². The molecule has 0 spiro atoms. The number of nitrogens with zero attached hydrogens (tertiary/aromatic N) is 2. The average molecular weight is 169 g/mol. The molecule has 0 heterocycles. The van der Waals surface area contributed by atoms with Crippen LogP contribution in [-0.2, 0) is 4.79 Å². The third-order valence-corrected chi connectivity index (χ3v) is 1.52. The third-order valence-electron chi connectivity index (χ3n) is 1.52. The number of rotatable bonds is 5. The van der Waals surface area contributed by atoms with Gasteiger partial charge < -0.3 is 5.32 Å². The van der Waals surface area contributed by atoms with Crippen molar-refractivity contribution >= 4 is 5.91 Å². The SMILES string of the molecule is CNC(=O)CN(C)CCCC#N. The molecule has 0 saturated carbocycles. The number of hydrogen-bond acceptors (Lipinski definition) is 3. The van der Waals surface area contributed by atoms with Crippen molar-refractivity contribution in [3.8, 4) is 6.07 Å². The summed E-state index contributed by atoms with van der Waals surface area (Å²) in [5.41, 5.74) is 0. The minimum Gasteiger partial charge on any atom is -0.358 e. The van der Waals surface area contributed by atoms with E-state index in [9.17, 15) is 4.79 Å². The van der Waals surface area contributed by atoms with E-state index in [4.69, 9.17) is 5.26 Å². The Balaban J connectivity index is 3.40. The molecule has 0 radical (unpaired) electrons. The number of likely N-dealkylation sites (N-methyl/N-ethyl adjacent to an activating group) is 2. The van der Waals surface area contributed by atoms with E-state index in [1.807, 2.05) is 11.9 Å². The van der Waals surface area contributed by atoms with Crippen LogP contribution in [0.25, 0.3) is 0 Å². The van der Waals surface area contributed by atoms with Gasteiger partial charge in [0.15, 0.2) is 0 Å². The Bertz CT molecular complexity index is 174. The molecule has 0 aliphatic rings. The Morgan fingerprint density at radius 3 is 2.83 bits per heavy atom. The van der Waals surface area contributed by atoms with Crippen LogP contribution in [0.4, 0.5) is 0 Å². The summed E-state index contributed by atoms with van der Waals surface area (Å²) in [5.74, 6) is 0.00876. The van der Waals surface area contributed by atoms with Gasteiger partial charge in [-0.1, -0.05) is 0 Å². The van der Waals surface area contributed by atoms with Crippen molar-refractivity contribution in [2.24, 2.45) is 0 Å². The van der Waals surface area contributed by atoms with Crippen LogP contribution in [0.5, 0.6) is 0 Å². The van der Waals surface area contributed by atoms with Crippen molar-refractivity contribution in [3.05, 3.63) is 0 Å². The Morgan fingerprint density at radius 2 is 2.33 bits per heavy atom. The van der Waals surface area contributed by atoms with Crippen LogP contribution in [0.1, 0.15) is 12.8 Å². The quantitative estimate of drug-likeness (QED) is 0.588. The predicted octanol–water partition coefficient (Wildman–Crippen LogP) is -0.0320. The number of nitrogens with one attached hydrogen (secondary N) is 1. The molecule has 0 aromatic rings. The normalized spacial score (nSPS) is 9.50. The van der Waals surface area contributed by atoms with E-state index < -0.39 is 0 Å². The fraction of sp³-hybridized carbons (Fsp3) is 0.750. The van der Waals surface area contributed by atoms with Crippen LogP contribution in [-0.4, -0.2) is 38.0 Å². The Kier molecular flexibility index (Phi) is 6.02. The van der Waals surface area contributed by atoms with Gasteiger partial charge in [0.05, 0.1) is 12.6 Å². The largest absolute Gasteiger partial charge is 0.358 e. The number of carbonyl (C=O) groups excluding carboxylic acids is 1. The summed E-state index contributed by atoms with van der Waals surface area (Å²) in [7, 11) is 3.48. The number of unbranched alkanes of at least 4 members (excludes halogenated alkanes) is 1. The molecular formula is C8H15N3O. The Morgan fingerprint density at radius 1 is 1.67 bits per heavy atom. The van der Waals surface area contributed by atoms with E-state index in [0.29, 0.717) is 13.0 Å². The summed E-state index contributed by atoms with van der Waals surface area (Å²) in [6.45, 7) is 1.20. The molecule has 0 aromatic heterocycles. The van der Waals surface area contributed by atoms with Gasteiger partial charge in [-0.15, -0.1) is 0 Å². The second-order valence-corrected chi connectivity index (χ2v) is 2.67. The highest BCUT2D eigenvalue weighted by Crippen LogP contribution is 1.90. The molecule has 1 N–H and O–H groups in total. The topological polar surface area (TPSA) is 56.1 Å². The molecule has 0 atom stereocenters. The van der Waals surface area contributed by atoms with E-state index >= 15 is 0 Å². The first-order chi connectivity index (χ1) is 5.70. The molecule has 4 nitrogen and oxygen atoms in total. The number of nitriles is 1. The van der Waals surface area contributed by atoms with E-state index in [-0.39, 0.29) is 5.91 Å². The lowest BCUT2D eigenvalue weighted by Crippen LogP contribution is -2.33. The lowest BCUT2D eigenvalue weighted by atomic mass is 10.3. The van der Waals surface area contributed by atoms with Crippen molar-refractivity contribution in [1.29, 1.82) is 5.26 Å². The summed E-state index contributed by atoms with van der Waals surface area (Å²) in [6, 6.07) is 2.06. The van der Waals surface area contributed by atoms with E-state index in [1.54, 1.807) is 7.05 Å². The third kappa shape index (κ3) is 5.69. The highest BCUT2D eigenvalue weighted by atomic mass is 16.1. The maximum atomic E-state index is 10.8. The van der Waals surface area contributed by atoms with Crippen molar-refractivity contribution in [3.63, 3.8) is 0 Å². The monoisotopic (exact) mass is 169 g/mol. The van der Waals surface area contributed by atoms with Gasteiger partial charge >= 0.3 is 0 Å². The molecular weight excluding hydrogens is 154 g/mol. The molecule has 0 aromatic carbocycles. The van der Waals surface area contributed by atoms with E-state index in [1.165, 1.54) is 0 Å². The fourth-order valence-corrected chi connectivity index (χ4v) is 0.831. The highest BCUT2D eigenvalue weighted by Gasteiger charge is 2.02. The maximum Gasteiger partial charge on any atom is 0.233 e. The summed E-state index contributed by atoms with van der Waals surface area (Å²) in [4.78, 5) is 12.7. The molecule has 0 bridgehead atoms. The molecule has 0 aliphatic heterocycles. The van der Waals surface area contributed by atoms with Crippen LogP contribution >= 0.6 is 0 Å². The molecule has 68 valence electrons. The maximum absolute atomic E-state index is 10.8. The Hall–Kier alpha value is -1.08. The van der Waals surface area contributed by atoms with Crippen molar-refractivity contribution in [2.45, 2.75) is 12.8 Å². The molecule has 1 amide bonds. The zero-order chi connectivity index (χ0) is 9.40. The summed E-state index contributed by atoms with van der Waals surface area (Å²) < 4.78 is 0. The minimum atomic E-state index is 0.00876. The summed E-state index contributed by atoms with van der Waals surface area (Å²) in [5, 5.41) is 10.8. The molecule has 0 unspecified atom stereocenters. The van der Waals surface area contributed by atoms with Gasteiger partial charge in [-0.3, -0.25) is 9.69 Å². The standard InChI is InChI=1S/C8H15N3O/c1-10-8(12)7-11(2)6-4-3-5-9/h3-4,6-7H2,1-2H3,(H,10,12). The van der Waals surface area contributed by atoms with Gasteiger partial charge in [0, 0.05) is 13.5 Å².